The van der Waals surface area contributed by atoms with Crippen molar-refractivity contribution in [1.82, 2.24) is 4.72 Å². The Hall–Kier alpha value is -1.06. The lowest BCUT2D eigenvalue weighted by Gasteiger charge is -2.04. The van der Waals surface area contributed by atoms with Crippen LogP contribution in [-0.4, -0.2) is 33.8 Å². The standard InChI is InChI=1S/C9H15NO4S/c1-3-4-5-7-10-15(12,13)8-6-9(11)14-2/h1,10H,4-8H2,2H3. The third-order valence-electron chi connectivity index (χ3n) is 1.62. The Kier molecular flexibility index (Phi) is 6.75. The Bertz CT molecular complexity index is 329. The molecule has 0 fully saturated rings. The predicted octanol–water partition coefficient (Wildman–Crippen LogP) is -0.118. The number of methoxy groups -OCH3 is 1. The average Bonchev–Trinajstić information content (AvgIpc) is 2.21. The van der Waals surface area contributed by atoms with E-state index in [9.17, 15) is 13.2 Å². The van der Waals surface area contributed by atoms with Crippen molar-refractivity contribution in [3.8, 4) is 12.3 Å². The average molecular weight is 233 g/mol. The van der Waals surface area contributed by atoms with Crippen LogP contribution in [0.4, 0.5) is 0 Å². The van der Waals surface area contributed by atoms with Gasteiger partial charge < -0.3 is 4.74 Å². The highest BCUT2D eigenvalue weighted by Gasteiger charge is 2.12. The van der Waals surface area contributed by atoms with Crippen LogP contribution in [0.1, 0.15) is 19.3 Å². The van der Waals surface area contributed by atoms with Crippen LogP contribution in [0.15, 0.2) is 0 Å². The number of rotatable bonds is 7. The normalized spacial score (nSPS) is 10.7. The Labute approximate surface area is 90.2 Å². The van der Waals surface area contributed by atoms with E-state index < -0.39 is 16.0 Å². The molecule has 0 unspecified atom stereocenters. The molecule has 0 atom stereocenters. The number of terminal acetylenes is 1. The highest BCUT2D eigenvalue weighted by Crippen LogP contribution is 1.93. The number of hydrogen-bond donors (Lipinski definition) is 1. The number of sulfonamides is 1. The van der Waals surface area contributed by atoms with Crippen LogP contribution < -0.4 is 4.72 Å². The minimum Gasteiger partial charge on any atom is -0.469 e. The maximum atomic E-state index is 11.2. The van der Waals surface area contributed by atoms with Crippen LogP contribution in [0, 0.1) is 12.3 Å². The van der Waals surface area contributed by atoms with Gasteiger partial charge in [-0.15, -0.1) is 12.3 Å². The van der Waals surface area contributed by atoms with Gasteiger partial charge >= 0.3 is 5.97 Å². The zero-order chi connectivity index (χ0) is 11.7. The quantitative estimate of drug-likeness (QED) is 0.378. The Morgan fingerprint density at radius 2 is 2.20 bits per heavy atom. The van der Waals surface area contributed by atoms with Crippen LogP contribution in [0.3, 0.4) is 0 Å². The summed E-state index contributed by atoms with van der Waals surface area (Å²) >= 11 is 0. The van der Waals surface area contributed by atoms with E-state index in [1.54, 1.807) is 0 Å². The summed E-state index contributed by atoms with van der Waals surface area (Å²) in [4.78, 5) is 10.7. The van der Waals surface area contributed by atoms with Gasteiger partial charge in [-0.2, -0.15) is 0 Å². The van der Waals surface area contributed by atoms with Crippen LogP contribution in [0.25, 0.3) is 0 Å². The Morgan fingerprint density at radius 1 is 1.53 bits per heavy atom. The molecule has 0 saturated heterocycles. The lowest BCUT2D eigenvalue weighted by Crippen LogP contribution is -2.28. The first-order chi connectivity index (χ1) is 7.02. The van der Waals surface area contributed by atoms with Crippen LogP contribution in [-0.2, 0) is 19.6 Å². The summed E-state index contributed by atoms with van der Waals surface area (Å²) < 4.78 is 29.2. The van der Waals surface area contributed by atoms with Crippen molar-refractivity contribution >= 4 is 16.0 Å². The van der Waals surface area contributed by atoms with Crippen LogP contribution in [0.2, 0.25) is 0 Å². The van der Waals surface area contributed by atoms with Gasteiger partial charge in [-0.3, -0.25) is 4.79 Å². The SMILES string of the molecule is C#CCCCNS(=O)(=O)CCC(=O)OC. The van der Waals surface area contributed by atoms with Crippen molar-refractivity contribution in [2.45, 2.75) is 19.3 Å². The molecule has 0 rings (SSSR count). The van der Waals surface area contributed by atoms with E-state index in [1.807, 2.05) is 0 Å². The van der Waals surface area contributed by atoms with Crippen molar-refractivity contribution < 1.29 is 17.9 Å². The molecular weight excluding hydrogens is 218 g/mol. The van der Waals surface area contributed by atoms with E-state index in [4.69, 9.17) is 6.42 Å². The van der Waals surface area contributed by atoms with Gasteiger partial charge in [-0.1, -0.05) is 0 Å². The molecule has 0 aliphatic rings. The van der Waals surface area contributed by atoms with Gasteiger partial charge in [0.1, 0.15) is 0 Å². The number of unbranched alkanes of at least 4 members (excludes halogenated alkanes) is 1. The van der Waals surface area contributed by atoms with Crippen LogP contribution >= 0.6 is 0 Å². The molecule has 0 bridgehead atoms. The van der Waals surface area contributed by atoms with Gasteiger partial charge in [0.25, 0.3) is 0 Å². The fourth-order valence-corrected chi connectivity index (χ4v) is 1.85. The van der Waals surface area contributed by atoms with E-state index in [-0.39, 0.29) is 12.2 Å². The summed E-state index contributed by atoms with van der Waals surface area (Å²) in [6.45, 7) is 0.299. The van der Waals surface area contributed by atoms with Crippen LogP contribution in [0.5, 0.6) is 0 Å². The fourth-order valence-electron chi connectivity index (χ4n) is 0.810. The van der Waals surface area contributed by atoms with Crippen molar-refractivity contribution in [1.29, 1.82) is 0 Å². The molecule has 0 saturated carbocycles. The predicted molar refractivity (Wildman–Crippen MR) is 56.5 cm³/mol. The lowest BCUT2D eigenvalue weighted by molar-refractivity contribution is -0.140. The Morgan fingerprint density at radius 3 is 2.73 bits per heavy atom. The molecule has 0 heterocycles. The van der Waals surface area contributed by atoms with E-state index >= 15 is 0 Å². The molecule has 0 radical (unpaired) electrons. The minimum atomic E-state index is -3.39. The number of carbonyl (C=O) groups excluding carboxylic acids is 1. The monoisotopic (exact) mass is 233 g/mol. The molecule has 0 aromatic rings. The lowest BCUT2D eigenvalue weighted by atomic mass is 10.3. The van der Waals surface area contributed by atoms with Gasteiger partial charge in [-0.05, 0) is 6.42 Å². The van der Waals surface area contributed by atoms with E-state index in [0.717, 1.165) is 0 Å². The number of hydrogen-bond acceptors (Lipinski definition) is 4. The van der Waals surface area contributed by atoms with E-state index in [0.29, 0.717) is 19.4 Å². The highest BCUT2D eigenvalue weighted by molar-refractivity contribution is 7.89. The smallest absolute Gasteiger partial charge is 0.306 e. The maximum absolute atomic E-state index is 11.2. The van der Waals surface area contributed by atoms with Gasteiger partial charge in [0.15, 0.2) is 0 Å². The topological polar surface area (TPSA) is 72.5 Å². The summed E-state index contributed by atoms with van der Waals surface area (Å²) in [5.74, 6) is 1.61. The molecule has 0 aromatic heterocycles. The summed E-state index contributed by atoms with van der Waals surface area (Å²) in [5, 5.41) is 0. The largest absolute Gasteiger partial charge is 0.469 e. The molecule has 0 amide bonds. The van der Waals surface area contributed by atoms with Crippen molar-refractivity contribution in [2.75, 3.05) is 19.4 Å². The first-order valence-electron chi connectivity index (χ1n) is 4.49. The third kappa shape index (κ3) is 7.97. The molecular formula is C9H15NO4S. The molecule has 1 N–H and O–H groups in total. The second kappa shape index (κ2) is 7.26. The third-order valence-corrected chi connectivity index (χ3v) is 3.01. The first-order valence-corrected chi connectivity index (χ1v) is 6.14. The van der Waals surface area contributed by atoms with Gasteiger partial charge in [0.05, 0.1) is 19.3 Å². The van der Waals surface area contributed by atoms with Gasteiger partial charge in [-0.25, -0.2) is 13.1 Å². The molecule has 5 nitrogen and oxygen atoms in total. The van der Waals surface area contributed by atoms with E-state index in [2.05, 4.69) is 15.4 Å². The highest BCUT2D eigenvalue weighted by atomic mass is 32.2. The van der Waals surface area contributed by atoms with E-state index in [1.165, 1.54) is 7.11 Å². The second-order valence-electron chi connectivity index (χ2n) is 2.85. The maximum Gasteiger partial charge on any atom is 0.306 e. The molecule has 0 aromatic carbocycles. The fraction of sp³-hybridized carbons (Fsp3) is 0.667. The molecule has 86 valence electrons. The second-order valence-corrected chi connectivity index (χ2v) is 4.77. The Balaban J connectivity index is 3.78. The molecule has 6 heteroatoms. The molecule has 0 aliphatic heterocycles. The summed E-state index contributed by atoms with van der Waals surface area (Å²) in [6.07, 6.45) is 5.99. The van der Waals surface area contributed by atoms with Crippen molar-refractivity contribution in [2.24, 2.45) is 0 Å². The minimum absolute atomic E-state index is 0.138. The zero-order valence-electron chi connectivity index (χ0n) is 8.65. The number of esters is 1. The van der Waals surface area contributed by atoms with Gasteiger partial charge in [0.2, 0.25) is 10.0 Å². The molecule has 15 heavy (non-hydrogen) atoms. The molecule has 0 spiro atoms. The number of nitrogens with one attached hydrogen (secondary N) is 1. The van der Waals surface area contributed by atoms with Gasteiger partial charge in [0, 0.05) is 13.0 Å². The van der Waals surface area contributed by atoms with Crippen molar-refractivity contribution in [3.05, 3.63) is 0 Å². The summed E-state index contributed by atoms with van der Waals surface area (Å²) in [6, 6.07) is 0. The number of ether oxygens (including phenoxy) is 1. The summed E-state index contributed by atoms with van der Waals surface area (Å²) in [7, 11) is -2.17. The number of carbonyl (C=O) groups is 1. The first kappa shape index (κ1) is 13.9. The van der Waals surface area contributed by atoms with Crippen molar-refractivity contribution in [3.63, 3.8) is 0 Å². The zero-order valence-corrected chi connectivity index (χ0v) is 9.47. The summed E-state index contributed by atoms with van der Waals surface area (Å²) in [5.41, 5.74) is 0. The molecule has 0 aliphatic carbocycles.